The van der Waals surface area contributed by atoms with Crippen molar-refractivity contribution in [3.05, 3.63) is 45.6 Å². The number of carbonyl (C=O) groups excluding carboxylic acids is 2. The highest BCUT2D eigenvalue weighted by Gasteiger charge is 2.17. The van der Waals surface area contributed by atoms with Gasteiger partial charge in [0.1, 0.15) is 0 Å². The zero-order valence-corrected chi connectivity index (χ0v) is 17.8. The average Bonchev–Trinajstić information content (AvgIpc) is 3.31. The molecule has 0 aliphatic carbocycles. The molecule has 0 fully saturated rings. The Morgan fingerprint density at radius 2 is 2.19 bits per heavy atom. The zero-order chi connectivity index (χ0) is 19.2. The number of rotatable bonds is 8. The summed E-state index contributed by atoms with van der Waals surface area (Å²) in [5.74, 6) is 0.0175. The first-order chi connectivity index (χ1) is 13.0. The zero-order valence-electron chi connectivity index (χ0n) is 14.6. The number of carbonyl (C=O) groups is 2. The van der Waals surface area contributed by atoms with Gasteiger partial charge in [0.15, 0.2) is 4.34 Å². The van der Waals surface area contributed by atoms with Crippen molar-refractivity contribution in [2.75, 3.05) is 18.8 Å². The Morgan fingerprint density at radius 1 is 1.33 bits per heavy atom. The number of hydrogen-bond acceptors (Lipinski definition) is 6. The minimum Gasteiger partial charge on any atom is -0.350 e. The number of nitrogens with zero attached hydrogens (tertiary/aromatic N) is 2. The van der Waals surface area contributed by atoms with Crippen molar-refractivity contribution in [3.63, 3.8) is 0 Å². The van der Waals surface area contributed by atoms with Crippen LogP contribution in [0.5, 0.6) is 0 Å². The molecule has 3 rings (SSSR count). The van der Waals surface area contributed by atoms with Crippen molar-refractivity contribution < 1.29 is 9.59 Å². The fraction of sp³-hybridized carbons (Fsp3) is 0.278. The van der Waals surface area contributed by atoms with Crippen molar-refractivity contribution in [1.82, 2.24) is 15.2 Å². The number of fused-ring (bicyclic) bond motifs is 1. The molecule has 27 heavy (non-hydrogen) atoms. The minimum atomic E-state index is -0.154. The van der Waals surface area contributed by atoms with Crippen LogP contribution in [0.1, 0.15) is 11.8 Å². The predicted molar refractivity (Wildman–Crippen MR) is 114 cm³/mol. The molecule has 0 spiro atoms. The van der Waals surface area contributed by atoms with Crippen LogP contribution < -0.4 is 5.32 Å². The SMILES string of the molecule is CCN(CC(=O)NCc1cccs1)C(=O)CSc1nc2cc(Cl)ccc2s1. The van der Waals surface area contributed by atoms with Gasteiger partial charge in [0.05, 0.1) is 29.1 Å². The molecule has 0 unspecified atom stereocenters. The molecule has 0 radical (unpaired) electrons. The third-order valence-corrected chi connectivity index (χ3v) is 7.03. The molecule has 0 aliphatic heterocycles. The lowest BCUT2D eigenvalue weighted by molar-refractivity contribution is -0.133. The minimum absolute atomic E-state index is 0.0662. The second-order valence-corrected chi connectivity index (χ2v) is 9.37. The Hall–Kier alpha value is -1.61. The molecule has 142 valence electrons. The van der Waals surface area contributed by atoms with Crippen LogP contribution in [0.4, 0.5) is 0 Å². The van der Waals surface area contributed by atoms with Crippen LogP contribution >= 0.6 is 46.0 Å². The molecule has 1 N–H and O–H groups in total. The second-order valence-electron chi connectivity index (χ2n) is 5.64. The van der Waals surface area contributed by atoms with Gasteiger partial charge in [-0.25, -0.2) is 4.98 Å². The third-order valence-electron chi connectivity index (χ3n) is 3.76. The summed E-state index contributed by atoms with van der Waals surface area (Å²) in [5.41, 5.74) is 0.836. The number of hydrogen-bond donors (Lipinski definition) is 1. The van der Waals surface area contributed by atoms with Crippen molar-refractivity contribution in [2.45, 2.75) is 17.8 Å². The largest absolute Gasteiger partial charge is 0.350 e. The molecule has 3 aromatic rings. The Morgan fingerprint density at radius 3 is 2.93 bits per heavy atom. The van der Waals surface area contributed by atoms with E-state index in [0.29, 0.717) is 18.1 Å². The molecule has 0 bridgehead atoms. The molecule has 0 saturated carbocycles. The van der Waals surface area contributed by atoms with E-state index >= 15 is 0 Å². The van der Waals surface area contributed by atoms with Crippen molar-refractivity contribution in [3.8, 4) is 0 Å². The Balaban J connectivity index is 1.50. The first-order valence-corrected chi connectivity index (χ1v) is 11.4. The number of nitrogens with one attached hydrogen (secondary N) is 1. The predicted octanol–water partition coefficient (Wildman–Crippen LogP) is 4.27. The number of halogens is 1. The lowest BCUT2D eigenvalue weighted by atomic mass is 10.3. The summed E-state index contributed by atoms with van der Waals surface area (Å²) in [5, 5.41) is 5.46. The smallest absolute Gasteiger partial charge is 0.239 e. The number of aromatic nitrogens is 1. The molecule has 1 aromatic carbocycles. The van der Waals surface area contributed by atoms with Crippen LogP contribution in [0.25, 0.3) is 10.2 Å². The Bertz CT molecular complexity index is 927. The quantitative estimate of drug-likeness (QED) is 0.532. The first-order valence-electron chi connectivity index (χ1n) is 8.31. The molecule has 5 nitrogen and oxygen atoms in total. The van der Waals surface area contributed by atoms with Gasteiger partial charge in [0.25, 0.3) is 0 Å². The van der Waals surface area contributed by atoms with Gasteiger partial charge in [0.2, 0.25) is 11.8 Å². The number of benzene rings is 1. The van der Waals surface area contributed by atoms with Crippen LogP contribution in [0.2, 0.25) is 5.02 Å². The summed E-state index contributed by atoms with van der Waals surface area (Å²) >= 11 is 10.5. The van der Waals surface area contributed by atoms with Crippen molar-refractivity contribution in [1.29, 1.82) is 0 Å². The van der Waals surface area contributed by atoms with Gasteiger partial charge in [0, 0.05) is 16.4 Å². The van der Waals surface area contributed by atoms with E-state index in [-0.39, 0.29) is 24.1 Å². The molecule has 2 heterocycles. The molecule has 2 aromatic heterocycles. The highest BCUT2D eigenvalue weighted by molar-refractivity contribution is 8.01. The summed E-state index contributed by atoms with van der Waals surface area (Å²) < 4.78 is 1.86. The highest BCUT2D eigenvalue weighted by atomic mass is 35.5. The number of amides is 2. The number of thiophene rings is 1. The average molecular weight is 440 g/mol. The van der Waals surface area contributed by atoms with E-state index in [1.165, 1.54) is 23.1 Å². The van der Waals surface area contributed by atoms with Gasteiger partial charge in [-0.3, -0.25) is 9.59 Å². The summed E-state index contributed by atoms with van der Waals surface area (Å²) in [6.45, 7) is 2.91. The van der Waals surface area contributed by atoms with Crippen LogP contribution in [0.3, 0.4) is 0 Å². The molecular weight excluding hydrogens is 422 g/mol. The van der Waals surface area contributed by atoms with Crippen LogP contribution in [0, 0.1) is 0 Å². The maximum atomic E-state index is 12.5. The fourth-order valence-electron chi connectivity index (χ4n) is 2.36. The topological polar surface area (TPSA) is 62.3 Å². The van der Waals surface area contributed by atoms with Gasteiger partial charge < -0.3 is 10.2 Å². The van der Waals surface area contributed by atoms with Gasteiger partial charge in [-0.15, -0.1) is 22.7 Å². The van der Waals surface area contributed by atoms with Crippen molar-refractivity contribution in [2.24, 2.45) is 0 Å². The first kappa shape index (κ1) is 20.1. The maximum absolute atomic E-state index is 12.5. The molecule has 9 heteroatoms. The van der Waals surface area contributed by atoms with E-state index in [0.717, 1.165) is 19.4 Å². The molecular formula is C18H18ClN3O2S3. The molecule has 0 saturated heterocycles. The van der Waals surface area contributed by atoms with Gasteiger partial charge in [-0.1, -0.05) is 29.4 Å². The molecule has 0 atom stereocenters. The summed E-state index contributed by atoms with van der Waals surface area (Å²) in [6, 6.07) is 9.49. The number of likely N-dealkylation sites (N-methyl/N-ethyl adjacent to an activating group) is 1. The monoisotopic (exact) mass is 439 g/mol. The lowest BCUT2D eigenvalue weighted by Gasteiger charge is -2.19. The normalized spacial score (nSPS) is 10.9. The maximum Gasteiger partial charge on any atom is 0.239 e. The van der Waals surface area contributed by atoms with Gasteiger partial charge in [-0.05, 0) is 36.6 Å². The summed E-state index contributed by atoms with van der Waals surface area (Å²) in [7, 11) is 0. The number of thioether (sulfide) groups is 1. The fourth-order valence-corrected chi connectivity index (χ4v) is 5.12. The molecule has 0 aliphatic rings. The standard InChI is InChI=1S/C18H18ClN3O2S3/c1-2-22(10-16(23)20-9-13-4-3-7-25-13)17(24)11-26-18-21-14-8-12(19)5-6-15(14)27-18/h3-8H,2,9-11H2,1H3,(H,20,23). The van der Waals surface area contributed by atoms with Gasteiger partial charge in [-0.2, -0.15) is 0 Å². The number of thiazole rings is 1. The third kappa shape index (κ3) is 5.68. The van der Waals surface area contributed by atoms with Crippen LogP contribution in [0.15, 0.2) is 40.1 Å². The Labute approximate surface area is 174 Å². The van der Waals surface area contributed by atoms with E-state index in [9.17, 15) is 9.59 Å². The molecule has 2 amide bonds. The second kappa shape index (κ2) is 9.54. The van der Waals surface area contributed by atoms with E-state index in [4.69, 9.17) is 11.6 Å². The Kier molecular flexibility index (Phi) is 7.12. The van der Waals surface area contributed by atoms with Crippen LogP contribution in [-0.2, 0) is 16.1 Å². The van der Waals surface area contributed by atoms with Gasteiger partial charge >= 0.3 is 0 Å². The van der Waals surface area contributed by atoms with E-state index in [1.54, 1.807) is 16.2 Å². The summed E-state index contributed by atoms with van der Waals surface area (Å²) in [6.07, 6.45) is 0. The van der Waals surface area contributed by atoms with E-state index in [2.05, 4.69) is 10.3 Å². The van der Waals surface area contributed by atoms with Crippen molar-refractivity contribution >= 4 is 68.1 Å². The van der Waals surface area contributed by atoms with E-state index < -0.39 is 0 Å². The summed E-state index contributed by atoms with van der Waals surface area (Å²) in [4.78, 5) is 31.7. The lowest BCUT2D eigenvalue weighted by Crippen LogP contribution is -2.41. The highest BCUT2D eigenvalue weighted by Crippen LogP contribution is 2.31. The van der Waals surface area contributed by atoms with Crippen LogP contribution in [-0.4, -0.2) is 40.5 Å². The van der Waals surface area contributed by atoms with E-state index in [1.807, 2.05) is 42.6 Å².